The molecule has 0 aliphatic carbocycles. The van der Waals surface area contributed by atoms with Crippen LogP contribution < -0.4 is 10.8 Å². The fourth-order valence-corrected chi connectivity index (χ4v) is 2.35. The van der Waals surface area contributed by atoms with Crippen molar-refractivity contribution in [2.75, 3.05) is 0 Å². The van der Waals surface area contributed by atoms with Crippen LogP contribution in [-0.2, 0) is 17.8 Å². The van der Waals surface area contributed by atoms with E-state index in [1.165, 1.54) is 11.3 Å². The van der Waals surface area contributed by atoms with Crippen molar-refractivity contribution in [2.24, 2.45) is 0 Å². The molecule has 3 N–H and O–H groups in total. The van der Waals surface area contributed by atoms with Crippen molar-refractivity contribution in [3.05, 3.63) is 40.9 Å². The minimum absolute atomic E-state index is 0.133. The van der Waals surface area contributed by atoms with Gasteiger partial charge in [-0.15, -0.1) is 11.3 Å². The summed E-state index contributed by atoms with van der Waals surface area (Å²) >= 11 is 1.44. The lowest BCUT2D eigenvalue weighted by atomic mass is 10.1. The Morgan fingerprint density at radius 2 is 2.29 bits per heavy atom. The fourth-order valence-electron chi connectivity index (χ4n) is 1.53. The van der Waals surface area contributed by atoms with Gasteiger partial charge in [-0.2, -0.15) is 0 Å². The molecule has 0 bridgehead atoms. The maximum Gasteiger partial charge on any atom is 0.123 e. The molecule has 0 fully saturated rings. The molecular formula is C12H12N2O2S. The quantitative estimate of drug-likeness (QED) is 0.816. The van der Waals surface area contributed by atoms with Gasteiger partial charge in [0.2, 0.25) is 0 Å². The molecule has 0 saturated heterocycles. The monoisotopic (exact) mass is 248 g/mol. The predicted molar refractivity (Wildman–Crippen MR) is 62.9 cm³/mol. The molecule has 0 aliphatic rings. The average molecular weight is 248 g/mol. The number of nitrogens with zero attached hydrogens (tertiary/aromatic N) is 1. The molecule has 1 heterocycles. The molecule has 2 aromatic rings. The first-order valence-electron chi connectivity index (χ1n) is 5.22. The SMILES string of the molecule is [NH3+]Cc1cccc(-c2nc(CC(=O)[O-])cs2)c1. The summed E-state index contributed by atoms with van der Waals surface area (Å²) < 4.78 is 0. The number of aromatic nitrogens is 1. The summed E-state index contributed by atoms with van der Waals surface area (Å²) in [4.78, 5) is 14.7. The van der Waals surface area contributed by atoms with Gasteiger partial charge < -0.3 is 15.6 Å². The minimum atomic E-state index is -1.10. The Kier molecular flexibility index (Phi) is 3.51. The molecule has 0 aliphatic heterocycles. The van der Waals surface area contributed by atoms with Crippen LogP contribution in [0.15, 0.2) is 29.6 Å². The Labute approximate surface area is 103 Å². The van der Waals surface area contributed by atoms with E-state index in [0.29, 0.717) is 5.69 Å². The van der Waals surface area contributed by atoms with E-state index in [-0.39, 0.29) is 6.42 Å². The molecular weight excluding hydrogens is 236 g/mol. The highest BCUT2D eigenvalue weighted by Crippen LogP contribution is 2.24. The highest BCUT2D eigenvalue weighted by Gasteiger charge is 2.05. The lowest BCUT2D eigenvalue weighted by molar-refractivity contribution is -0.386. The number of quaternary nitrogens is 1. The zero-order valence-corrected chi connectivity index (χ0v) is 10.00. The van der Waals surface area contributed by atoms with Crippen molar-refractivity contribution >= 4 is 17.3 Å². The molecule has 0 spiro atoms. The molecule has 0 atom stereocenters. The Bertz CT molecular complexity index is 537. The van der Waals surface area contributed by atoms with E-state index in [1.807, 2.05) is 24.3 Å². The summed E-state index contributed by atoms with van der Waals surface area (Å²) in [6, 6.07) is 7.94. The second kappa shape index (κ2) is 5.07. The summed E-state index contributed by atoms with van der Waals surface area (Å²) in [7, 11) is 0. The topological polar surface area (TPSA) is 80.7 Å². The van der Waals surface area contributed by atoms with Crippen molar-refractivity contribution in [2.45, 2.75) is 13.0 Å². The Hall–Kier alpha value is -1.72. The number of hydrogen-bond acceptors (Lipinski definition) is 4. The number of benzene rings is 1. The molecule has 1 aromatic carbocycles. The second-order valence-corrected chi connectivity index (χ2v) is 4.50. The molecule has 1 aromatic heterocycles. The van der Waals surface area contributed by atoms with Crippen LogP contribution >= 0.6 is 11.3 Å². The Balaban J connectivity index is 2.26. The molecule has 88 valence electrons. The molecule has 5 heteroatoms. The number of aliphatic carboxylic acids is 1. The minimum Gasteiger partial charge on any atom is -0.550 e. The first-order chi connectivity index (χ1) is 8.19. The van der Waals surface area contributed by atoms with Crippen molar-refractivity contribution < 1.29 is 15.6 Å². The number of rotatable bonds is 4. The average Bonchev–Trinajstić information content (AvgIpc) is 2.77. The number of thiazole rings is 1. The van der Waals surface area contributed by atoms with Crippen LogP contribution in [0.2, 0.25) is 0 Å². The summed E-state index contributed by atoms with van der Waals surface area (Å²) in [6.07, 6.45) is -0.133. The van der Waals surface area contributed by atoms with E-state index in [4.69, 9.17) is 0 Å². The highest BCUT2D eigenvalue weighted by molar-refractivity contribution is 7.13. The lowest BCUT2D eigenvalue weighted by Crippen LogP contribution is -2.47. The van der Waals surface area contributed by atoms with E-state index in [0.717, 1.165) is 22.7 Å². The zero-order chi connectivity index (χ0) is 12.3. The van der Waals surface area contributed by atoms with E-state index in [1.54, 1.807) is 5.38 Å². The van der Waals surface area contributed by atoms with Crippen molar-refractivity contribution in [1.82, 2.24) is 4.98 Å². The van der Waals surface area contributed by atoms with Crippen molar-refractivity contribution in [1.29, 1.82) is 0 Å². The van der Waals surface area contributed by atoms with Gasteiger partial charge >= 0.3 is 0 Å². The highest BCUT2D eigenvalue weighted by atomic mass is 32.1. The van der Waals surface area contributed by atoms with Crippen LogP contribution in [-0.4, -0.2) is 11.0 Å². The van der Waals surface area contributed by atoms with Gasteiger partial charge in [0.1, 0.15) is 5.01 Å². The van der Waals surface area contributed by atoms with Gasteiger partial charge in [0.05, 0.1) is 12.2 Å². The lowest BCUT2D eigenvalue weighted by Gasteiger charge is -1.99. The van der Waals surface area contributed by atoms with E-state index in [2.05, 4.69) is 10.7 Å². The van der Waals surface area contributed by atoms with Gasteiger partial charge in [0.25, 0.3) is 0 Å². The van der Waals surface area contributed by atoms with Gasteiger partial charge in [-0.3, -0.25) is 0 Å². The smallest absolute Gasteiger partial charge is 0.123 e. The van der Waals surface area contributed by atoms with Crippen molar-refractivity contribution in [3.8, 4) is 10.6 Å². The van der Waals surface area contributed by atoms with Gasteiger partial charge in [-0.1, -0.05) is 18.2 Å². The molecule has 0 radical (unpaired) electrons. The van der Waals surface area contributed by atoms with E-state index < -0.39 is 5.97 Å². The summed E-state index contributed by atoms with van der Waals surface area (Å²) in [5.74, 6) is -1.10. The third kappa shape index (κ3) is 2.89. The molecule has 17 heavy (non-hydrogen) atoms. The van der Waals surface area contributed by atoms with Crippen LogP contribution in [0.3, 0.4) is 0 Å². The van der Waals surface area contributed by atoms with Crippen LogP contribution in [0.4, 0.5) is 0 Å². The standard InChI is InChI=1S/C12H12N2O2S/c13-6-8-2-1-3-9(4-8)12-14-10(7-17-12)5-11(15)16/h1-4,7H,5-6,13H2,(H,15,16). The van der Waals surface area contributed by atoms with E-state index in [9.17, 15) is 9.90 Å². The Morgan fingerprint density at radius 1 is 1.47 bits per heavy atom. The van der Waals surface area contributed by atoms with Gasteiger partial charge in [-0.25, -0.2) is 4.98 Å². The van der Waals surface area contributed by atoms with Gasteiger partial charge in [0, 0.05) is 28.9 Å². The molecule has 0 amide bonds. The molecule has 2 rings (SSSR count). The van der Waals surface area contributed by atoms with Crippen LogP contribution in [0.5, 0.6) is 0 Å². The zero-order valence-electron chi connectivity index (χ0n) is 9.18. The third-order valence-corrected chi connectivity index (χ3v) is 3.28. The normalized spacial score (nSPS) is 10.4. The largest absolute Gasteiger partial charge is 0.550 e. The maximum atomic E-state index is 10.5. The second-order valence-electron chi connectivity index (χ2n) is 3.64. The third-order valence-electron chi connectivity index (χ3n) is 2.34. The summed E-state index contributed by atoms with van der Waals surface area (Å²) in [6.45, 7) is 0.727. The predicted octanol–water partition coefficient (Wildman–Crippen LogP) is -0.156. The number of hydrogen-bond donors (Lipinski definition) is 1. The van der Waals surface area contributed by atoms with Crippen molar-refractivity contribution in [3.63, 3.8) is 0 Å². The fraction of sp³-hybridized carbons (Fsp3) is 0.167. The number of carbonyl (C=O) groups is 1. The van der Waals surface area contributed by atoms with Gasteiger partial charge in [-0.05, 0) is 6.07 Å². The number of carboxylic acids is 1. The summed E-state index contributed by atoms with van der Waals surface area (Å²) in [5, 5.41) is 13.0. The number of carboxylic acid groups (broad SMARTS) is 1. The Morgan fingerprint density at radius 3 is 3.00 bits per heavy atom. The van der Waals surface area contributed by atoms with Crippen LogP contribution in [0.1, 0.15) is 11.3 Å². The molecule has 4 nitrogen and oxygen atoms in total. The molecule has 0 unspecified atom stereocenters. The maximum absolute atomic E-state index is 10.5. The first-order valence-corrected chi connectivity index (χ1v) is 6.10. The number of carbonyl (C=O) groups excluding carboxylic acids is 1. The first kappa shape index (κ1) is 11.8. The van der Waals surface area contributed by atoms with Crippen LogP contribution in [0.25, 0.3) is 10.6 Å². The summed E-state index contributed by atoms with van der Waals surface area (Å²) in [5.41, 5.74) is 6.52. The van der Waals surface area contributed by atoms with Gasteiger partial charge in [0.15, 0.2) is 0 Å². The van der Waals surface area contributed by atoms with E-state index >= 15 is 0 Å². The molecule has 0 saturated carbocycles. The van der Waals surface area contributed by atoms with Crippen LogP contribution in [0, 0.1) is 0 Å².